The number of benzene rings is 2. The molecule has 7 atom stereocenters. The third kappa shape index (κ3) is 5.54. The number of hydrogen-bond acceptors (Lipinski definition) is 7. The Balaban J connectivity index is 1.14. The summed E-state index contributed by atoms with van der Waals surface area (Å²) in [5.41, 5.74) is 3.70. The highest BCUT2D eigenvalue weighted by Crippen LogP contribution is 2.68. The highest BCUT2D eigenvalue weighted by molar-refractivity contribution is 5.63. The molecule has 2 aromatic carbocycles. The number of aliphatic hydroxyl groups is 2. The maximum Gasteiger partial charge on any atom is 0.171 e. The van der Waals surface area contributed by atoms with Crippen molar-refractivity contribution in [1.82, 2.24) is 0 Å². The molecule has 48 heavy (non-hydrogen) atoms. The van der Waals surface area contributed by atoms with Crippen LogP contribution in [0.5, 0.6) is 0 Å². The molecule has 0 amide bonds. The van der Waals surface area contributed by atoms with Crippen LogP contribution in [0.2, 0.25) is 0 Å². The average molecular weight is 654 g/mol. The van der Waals surface area contributed by atoms with Gasteiger partial charge in [0.15, 0.2) is 12.1 Å². The molecular weight excluding hydrogens is 602 g/mol. The summed E-state index contributed by atoms with van der Waals surface area (Å²) in [5.74, 6) is 6.58. The van der Waals surface area contributed by atoms with Crippen molar-refractivity contribution in [3.63, 3.8) is 0 Å². The molecule has 7 nitrogen and oxygen atoms in total. The Morgan fingerprint density at radius 1 is 0.896 bits per heavy atom. The van der Waals surface area contributed by atoms with Gasteiger partial charge < -0.3 is 34.1 Å². The molecule has 2 N–H and O–H groups in total. The van der Waals surface area contributed by atoms with Gasteiger partial charge in [0, 0.05) is 49.2 Å². The van der Waals surface area contributed by atoms with Crippen LogP contribution in [-0.2, 0) is 18.9 Å². The van der Waals surface area contributed by atoms with Gasteiger partial charge in [-0.1, -0.05) is 54.7 Å². The van der Waals surface area contributed by atoms with Crippen LogP contribution in [0, 0.1) is 29.1 Å². The normalized spacial score (nSPS) is 36.9. The summed E-state index contributed by atoms with van der Waals surface area (Å²) in [5, 5.41) is 24.8. The standard InChI is InChI=1S/C41H51NO6/c1-38-27-33(29-12-14-31(15-13-29)42(2)30-9-4-3-5-10-30)37-32(16-20-39(43)28-41(22-18-35(37)39)47-25-26-48-41)34(38)17-21-40(38,44)19-8-24-46-36-11-6-7-23-45-36/h3-5,9-10,12-15,32-34,36,43-44H,6-7,11,16-18,20-28H2,1-2H3. The number of allylic oxidation sites excluding steroid dienone is 1. The van der Waals surface area contributed by atoms with Crippen molar-refractivity contribution < 1.29 is 29.2 Å². The molecule has 8 rings (SSSR count). The molecule has 2 aromatic rings. The Bertz CT molecular complexity index is 1570. The number of nitrogens with zero attached hydrogens (tertiary/aromatic N) is 1. The lowest BCUT2D eigenvalue weighted by atomic mass is 9.49. The van der Waals surface area contributed by atoms with Crippen molar-refractivity contribution in [2.24, 2.45) is 17.3 Å². The lowest BCUT2D eigenvalue weighted by Crippen LogP contribution is -2.55. The zero-order valence-electron chi connectivity index (χ0n) is 28.6. The Hall–Kier alpha value is -2.70. The van der Waals surface area contributed by atoms with Crippen LogP contribution in [-0.4, -0.2) is 67.0 Å². The van der Waals surface area contributed by atoms with Gasteiger partial charge in [-0.05, 0) is 105 Å². The third-order valence-electron chi connectivity index (χ3n) is 13.0. The van der Waals surface area contributed by atoms with E-state index in [0.29, 0.717) is 38.4 Å². The van der Waals surface area contributed by atoms with E-state index in [4.69, 9.17) is 18.9 Å². The van der Waals surface area contributed by atoms with E-state index in [1.54, 1.807) is 0 Å². The Morgan fingerprint density at radius 3 is 2.42 bits per heavy atom. The molecule has 7 heteroatoms. The molecule has 1 spiro atoms. The minimum atomic E-state index is -1.10. The highest BCUT2D eigenvalue weighted by atomic mass is 16.7. The predicted octanol–water partition coefficient (Wildman–Crippen LogP) is 7.00. The molecule has 5 fully saturated rings. The Morgan fingerprint density at radius 2 is 1.67 bits per heavy atom. The topological polar surface area (TPSA) is 80.6 Å². The Kier molecular flexibility index (Phi) is 8.51. The van der Waals surface area contributed by atoms with Gasteiger partial charge >= 0.3 is 0 Å². The van der Waals surface area contributed by atoms with Gasteiger partial charge in [-0.3, -0.25) is 0 Å². The van der Waals surface area contributed by atoms with Gasteiger partial charge in [0.25, 0.3) is 0 Å². The number of rotatable bonds is 5. The maximum atomic E-state index is 12.4. The molecule has 2 saturated heterocycles. The van der Waals surface area contributed by atoms with E-state index >= 15 is 0 Å². The quantitative estimate of drug-likeness (QED) is 0.266. The van der Waals surface area contributed by atoms with Gasteiger partial charge in [-0.15, -0.1) is 0 Å². The smallest absolute Gasteiger partial charge is 0.171 e. The summed E-state index contributed by atoms with van der Waals surface area (Å²) < 4.78 is 24.0. The fourth-order valence-electron chi connectivity index (χ4n) is 10.4. The molecule has 0 bridgehead atoms. The first-order chi connectivity index (χ1) is 23.2. The molecule has 2 heterocycles. The van der Waals surface area contributed by atoms with Crippen molar-refractivity contribution in [2.45, 2.75) is 107 Å². The molecule has 7 unspecified atom stereocenters. The zero-order chi connectivity index (χ0) is 33.0. The monoisotopic (exact) mass is 653 g/mol. The van der Waals surface area contributed by atoms with Crippen LogP contribution < -0.4 is 4.90 Å². The maximum absolute atomic E-state index is 12.4. The lowest BCUT2D eigenvalue weighted by molar-refractivity contribution is -0.208. The fraction of sp³-hybridized carbons (Fsp3) is 0.610. The van der Waals surface area contributed by atoms with E-state index in [0.717, 1.165) is 69.3 Å². The van der Waals surface area contributed by atoms with E-state index in [2.05, 4.69) is 79.2 Å². The summed E-state index contributed by atoms with van der Waals surface area (Å²) in [6.45, 7) is 4.48. The van der Waals surface area contributed by atoms with Gasteiger partial charge in [0.05, 0.1) is 18.8 Å². The van der Waals surface area contributed by atoms with E-state index in [1.165, 1.54) is 16.7 Å². The summed E-state index contributed by atoms with van der Waals surface area (Å²) in [6.07, 6.45) is 8.92. The molecule has 4 aliphatic carbocycles. The van der Waals surface area contributed by atoms with Crippen LogP contribution in [0.15, 0.2) is 65.7 Å². The van der Waals surface area contributed by atoms with E-state index < -0.39 is 22.4 Å². The number of ether oxygens (including phenoxy) is 4. The van der Waals surface area contributed by atoms with E-state index in [9.17, 15) is 10.2 Å². The summed E-state index contributed by atoms with van der Waals surface area (Å²) >= 11 is 0. The predicted molar refractivity (Wildman–Crippen MR) is 185 cm³/mol. The summed E-state index contributed by atoms with van der Waals surface area (Å²) in [6, 6.07) is 19.4. The molecule has 2 aliphatic heterocycles. The lowest BCUT2D eigenvalue weighted by Gasteiger charge is -2.57. The molecule has 6 aliphatic rings. The van der Waals surface area contributed by atoms with Crippen LogP contribution >= 0.6 is 0 Å². The van der Waals surface area contributed by atoms with Crippen LogP contribution in [0.25, 0.3) is 0 Å². The SMILES string of the molecule is CN(c1ccccc1)c1ccc(C2CC3(C)C(CCC3(O)C#CCOC3CCCCO3)C3CCC4(O)CC5(CCC4=C23)OCCO5)cc1. The second kappa shape index (κ2) is 12.6. The molecule has 256 valence electrons. The van der Waals surface area contributed by atoms with Crippen LogP contribution in [0.3, 0.4) is 0 Å². The summed E-state index contributed by atoms with van der Waals surface area (Å²) in [7, 11) is 2.10. The average Bonchev–Trinajstić information content (AvgIpc) is 3.67. The van der Waals surface area contributed by atoms with Crippen LogP contribution in [0.4, 0.5) is 11.4 Å². The first-order valence-electron chi connectivity index (χ1n) is 18.3. The third-order valence-corrected chi connectivity index (χ3v) is 13.0. The van der Waals surface area contributed by atoms with Gasteiger partial charge in [-0.25, -0.2) is 0 Å². The molecule has 3 saturated carbocycles. The number of anilines is 2. The molecular formula is C41H51NO6. The second-order valence-corrected chi connectivity index (χ2v) is 15.5. The van der Waals surface area contributed by atoms with Crippen LogP contribution in [0.1, 0.15) is 89.0 Å². The minimum Gasteiger partial charge on any atom is -0.385 e. The fourth-order valence-corrected chi connectivity index (χ4v) is 10.4. The van der Waals surface area contributed by atoms with E-state index in [-0.39, 0.29) is 24.7 Å². The first kappa shape index (κ1) is 32.5. The van der Waals surface area contributed by atoms with Crippen molar-refractivity contribution in [3.05, 3.63) is 71.3 Å². The zero-order valence-corrected chi connectivity index (χ0v) is 28.6. The first-order valence-corrected chi connectivity index (χ1v) is 18.3. The van der Waals surface area contributed by atoms with Crippen molar-refractivity contribution >= 4 is 11.4 Å². The Labute approximate surface area is 285 Å². The second-order valence-electron chi connectivity index (χ2n) is 15.5. The molecule has 0 radical (unpaired) electrons. The van der Waals surface area contributed by atoms with Crippen molar-refractivity contribution in [2.75, 3.05) is 38.4 Å². The number of para-hydroxylation sites is 1. The van der Waals surface area contributed by atoms with Gasteiger partial charge in [0.1, 0.15) is 12.2 Å². The van der Waals surface area contributed by atoms with Crippen molar-refractivity contribution in [1.29, 1.82) is 0 Å². The minimum absolute atomic E-state index is 0.0759. The van der Waals surface area contributed by atoms with Crippen molar-refractivity contribution in [3.8, 4) is 11.8 Å². The largest absolute Gasteiger partial charge is 0.385 e. The summed E-state index contributed by atoms with van der Waals surface area (Å²) in [4.78, 5) is 2.21. The molecule has 0 aromatic heterocycles. The van der Waals surface area contributed by atoms with E-state index in [1.807, 2.05) is 6.07 Å². The number of hydrogen-bond donors (Lipinski definition) is 2. The highest BCUT2D eigenvalue weighted by Gasteiger charge is 2.64. The van der Waals surface area contributed by atoms with Gasteiger partial charge in [0.2, 0.25) is 0 Å². The number of fused-ring (bicyclic) bond motifs is 4. The van der Waals surface area contributed by atoms with Gasteiger partial charge in [-0.2, -0.15) is 0 Å².